The average Bonchev–Trinajstić information content (AvgIpc) is 3.09. The van der Waals surface area contributed by atoms with Gasteiger partial charge in [-0.1, -0.05) is 0 Å². The van der Waals surface area contributed by atoms with Gasteiger partial charge in [-0.25, -0.2) is 9.97 Å². The van der Waals surface area contributed by atoms with Gasteiger partial charge in [0.15, 0.2) is 11.5 Å². The van der Waals surface area contributed by atoms with Gasteiger partial charge in [0.1, 0.15) is 25.2 Å². The molecule has 21 heavy (non-hydrogen) atoms. The Balaban J connectivity index is 1.75. The number of hydrogen-bond donors (Lipinski definition) is 1. The Bertz CT molecular complexity index is 774. The standard InChI is InChI=1S/C13H10N6O2/c1-2-11-12(21-4-3-20-11)5-8(1)9-6-10(15-7-14-9)13-16-18-19-17-13/h1-2,5-7H,3-4H2,(H,16,17,18,19). The summed E-state index contributed by atoms with van der Waals surface area (Å²) in [5.41, 5.74) is 2.26. The van der Waals surface area contributed by atoms with Gasteiger partial charge in [-0.05, 0) is 29.5 Å². The molecule has 0 aliphatic carbocycles. The van der Waals surface area contributed by atoms with Crippen LogP contribution in [0.3, 0.4) is 0 Å². The molecule has 104 valence electrons. The Morgan fingerprint density at radius 3 is 2.67 bits per heavy atom. The van der Waals surface area contributed by atoms with Crippen molar-refractivity contribution in [2.75, 3.05) is 13.2 Å². The number of rotatable bonds is 2. The first-order valence-electron chi connectivity index (χ1n) is 6.36. The van der Waals surface area contributed by atoms with Crippen LogP contribution in [-0.2, 0) is 0 Å². The third-order valence-corrected chi connectivity index (χ3v) is 3.08. The Morgan fingerprint density at radius 2 is 1.81 bits per heavy atom. The lowest BCUT2D eigenvalue weighted by Gasteiger charge is -2.18. The minimum atomic E-state index is 0.427. The van der Waals surface area contributed by atoms with Crippen molar-refractivity contribution in [2.45, 2.75) is 0 Å². The van der Waals surface area contributed by atoms with Crippen LogP contribution in [0.2, 0.25) is 0 Å². The van der Waals surface area contributed by atoms with Crippen LogP contribution < -0.4 is 9.47 Å². The largest absolute Gasteiger partial charge is 0.486 e. The first-order valence-corrected chi connectivity index (χ1v) is 6.36. The van der Waals surface area contributed by atoms with E-state index in [1.54, 1.807) is 6.07 Å². The number of aromatic amines is 1. The zero-order valence-electron chi connectivity index (χ0n) is 10.9. The van der Waals surface area contributed by atoms with E-state index in [2.05, 4.69) is 30.6 Å². The number of ether oxygens (including phenoxy) is 2. The highest BCUT2D eigenvalue weighted by molar-refractivity contribution is 5.67. The van der Waals surface area contributed by atoms with Crippen molar-refractivity contribution < 1.29 is 9.47 Å². The Kier molecular flexibility index (Phi) is 2.70. The van der Waals surface area contributed by atoms with E-state index in [9.17, 15) is 0 Å². The van der Waals surface area contributed by atoms with Gasteiger partial charge < -0.3 is 9.47 Å². The van der Waals surface area contributed by atoms with E-state index < -0.39 is 0 Å². The van der Waals surface area contributed by atoms with Crippen molar-refractivity contribution in [1.29, 1.82) is 0 Å². The van der Waals surface area contributed by atoms with E-state index in [1.807, 2.05) is 18.2 Å². The van der Waals surface area contributed by atoms with E-state index in [-0.39, 0.29) is 0 Å². The number of H-pyrrole nitrogens is 1. The van der Waals surface area contributed by atoms with Crippen molar-refractivity contribution >= 4 is 0 Å². The minimum absolute atomic E-state index is 0.427. The molecule has 3 aromatic rings. The van der Waals surface area contributed by atoms with Crippen molar-refractivity contribution in [3.8, 4) is 34.3 Å². The molecular formula is C13H10N6O2. The van der Waals surface area contributed by atoms with Crippen molar-refractivity contribution in [2.24, 2.45) is 0 Å². The Hall–Kier alpha value is -3.03. The fraction of sp³-hybridized carbons (Fsp3) is 0.154. The zero-order valence-corrected chi connectivity index (χ0v) is 10.9. The molecule has 0 radical (unpaired) electrons. The number of nitrogens with one attached hydrogen (secondary N) is 1. The smallest absolute Gasteiger partial charge is 0.223 e. The van der Waals surface area contributed by atoms with Crippen LogP contribution in [0.15, 0.2) is 30.6 Å². The third kappa shape index (κ3) is 2.16. The predicted octanol–water partition coefficient (Wildman–Crippen LogP) is 1.09. The molecule has 0 fully saturated rings. The molecule has 8 nitrogen and oxygen atoms in total. The van der Waals surface area contributed by atoms with E-state index >= 15 is 0 Å². The van der Waals surface area contributed by atoms with Gasteiger partial charge in [0.25, 0.3) is 0 Å². The van der Waals surface area contributed by atoms with Crippen LogP contribution in [0.4, 0.5) is 0 Å². The lowest BCUT2D eigenvalue weighted by atomic mass is 10.1. The average molecular weight is 282 g/mol. The molecule has 1 aromatic carbocycles. The molecule has 0 atom stereocenters. The summed E-state index contributed by atoms with van der Waals surface area (Å²) in [6, 6.07) is 7.50. The highest BCUT2D eigenvalue weighted by atomic mass is 16.6. The van der Waals surface area contributed by atoms with E-state index in [4.69, 9.17) is 9.47 Å². The molecule has 0 spiro atoms. The first kappa shape index (κ1) is 11.8. The first-order chi connectivity index (χ1) is 10.4. The quantitative estimate of drug-likeness (QED) is 0.751. The van der Waals surface area contributed by atoms with Gasteiger partial charge in [-0.15, -0.1) is 10.2 Å². The van der Waals surface area contributed by atoms with E-state index in [0.717, 1.165) is 22.8 Å². The Labute approximate surface area is 119 Å². The molecule has 0 saturated carbocycles. The summed E-state index contributed by atoms with van der Waals surface area (Å²) in [5.74, 6) is 1.90. The molecule has 4 rings (SSSR count). The van der Waals surface area contributed by atoms with Gasteiger partial charge in [0.2, 0.25) is 5.82 Å². The van der Waals surface area contributed by atoms with Crippen LogP contribution in [0.5, 0.6) is 11.5 Å². The monoisotopic (exact) mass is 282 g/mol. The number of nitrogens with zero attached hydrogens (tertiary/aromatic N) is 5. The van der Waals surface area contributed by atoms with Crippen LogP contribution in [0, 0.1) is 0 Å². The van der Waals surface area contributed by atoms with E-state index in [1.165, 1.54) is 6.33 Å². The van der Waals surface area contributed by atoms with Crippen LogP contribution in [-0.4, -0.2) is 43.8 Å². The summed E-state index contributed by atoms with van der Waals surface area (Å²) in [7, 11) is 0. The predicted molar refractivity (Wildman–Crippen MR) is 71.6 cm³/mol. The number of tetrazole rings is 1. The topological polar surface area (TPSA) is 98.7 Å². The Morgan fingerprint density at radius 1 is 0.952 bits per heavy atom. The maximum absolute atomic E-state index is 5.58. The van der Waals surface area contributed by atoms with Crippen molar-refractivity contribution in [3.63, 3.8) is 0 Å². The summed E-state index contributed by atoms with van der Waals surface area (Å²) in [6.45, 7) is 1.12. The second-order valence-electron chi connectivity index (χ2n) is 4.38. The molecule has 0 saturated heterocycles. The fourth-order valence-electron chi connectivity index (χ4n) is 2.11. The van der Waals surface area contributed by atoms with Gasteiger partial charge >= 0.3 is 0 Å². The lowest BCUT2D eigenvalue weighted by Crippen LogP contribution is -2.15. The SMILES string of the molecule is c1nc(-c2ccc3c(c2)OCCO3)cc(-c2nn[nH]n2)n1. The molecule has 3 heterocycles. The summed E-state index contributed by atoms with van der Waals surface area (Å²) in [6.07, 6.45) is 1.47. The van der Waals surface area contributed by atoms with Gasteiger partial charge in [-0.3, -0.25) is 0 Å². The van der Waals surface area contributed by atoms with Crippen molar-refractivity contribution in [1.82, 2.24) is 30.6 Å². The maximum atomic E-state index is 5.58. The highest BCUT2D eigenvalue weighted by Crippen LogP contribution is 2.34. The summed E-state index contributed by atoms with van der Waals surface area (Å²) in [4.78, 5) is 8.42. The second kappa shape index (κ2) is 4.82. The lowest BCUT2D eigenvalue weighted by molar-refractivity contribution is 0.171. The summed E-state index contributed by atoms with van der Waals surface area (Å²) >= 11 is 0. The van der Waals surface area contributed by atoms with Gasteiger partial charge in [0.05, 0.1) is 5.69 Å². The second-order valence-corrected chi connectivity index (χ2v) is 4.38. The highest BCUT2D eigenvalue weighted by Gasteiger charge is 2.14. The molecular weight excluding hydrogens is 272 g/mol. The fourth-order valence-corrected chi connectivity index (χ4v) is 2.11. The maximum Gasteiger partial charge on any atom is 0.223 e. The number of hydrogen-bond acceptors (Lipinski definition) is 7. The van der Waals surface area contributed by atoms with Crippen molar-refractivity contribution in [3.05, 3.63) is 30.6 Å². The number of fused-ring (bicyclic) bond motifs is 1. The van der Waals surface area contributed by atoms with Crippen LogP contribution >= 0.6 is 0 Å². The molecule has 8 heteroatoms. The molecule has 0 bridgehead atoms. The van der Waals surface area contributed by atoms with Crippen LogP contribution in [0.1, 0.15) is 0 Å². The van der Waals surface area contributed by atoms with Gasteiger partial charge in [-0.2, -0.15) is 5.21 Å². The zero-order chi connectivity index (χ0) is 14.1. The number of benzene rings is 1. The normalized spacial score (nSPS) is 13.1. The molecule has 1 aliphatic rings. The molecule has 2 aromatic heterocycles. The molecule has 0 amide bonds. The van der Waals surface area contributed by atoms with Crippen LogP contribution in [0.25, 0.3) is 22.8 Å². The molecule has 1 aliphatic heterocycles. The van der Waals surface area contributed by atoms with E-state index in [0.29, 0.717) is 24.7 Å². The van der Waals surface area contributed by atoms with Gasteiger partial charge in [0, 0.05) is 5.56 Å². The minimum Gasteiger partial charge on any atom is -0.486 e. The third-order valence-electron chi connectivity index (χ3n) is 3.08. The summed E-state index contributed by atoms with van der Waals surface area (Å²) < 4.78 is 11.1. The number of aromatic nitrogens is 6. The molecule has 1 N–H and O–H groups in total. The summed E-state index contributed by atoms with van der Waals surface area (Å²) in [5, 5.41) is 13.7. The molecule has 0 unspecified atom stereocenters.